The Labute approximate surface area is 115 Å². The van der Waals surface area contributed by atoms with Gasteiger partial charge in [-0.05, 0) is 31.5 Å². The molecule has 0 aliphatic carbocycles. The number of carbonyl (C=O) groups excluding carboxylic acids is 1. The van der Waals surface area contributed by atoms with Gasteiger partial charge in [0.15, 0.2) is 11.5 Å². The van der Waals surface area contributed by atoms with Crippen molar-refractivity contribution in [3.8, 4) is 0 Å². The maximum atomic E-state index is 13.0. The summed E-state index contributed by atoms with van der Waals surface area (Å²) in [5, 5.41) is 16.1. The monoisotopic (exact) mass is 278 g/mol. The molecular formula is C14H15FN2O3. The molecule has 5 nitrogen and oxygen atoms in total. The molecule has 2 aromatic rings. The van der Waals surface area contributed by atoms with Crippen molar-refractivity contribution in [1.29, 1.82) is 0 Å². The summed E-state index contributed by atoms with van der Waals surface area (Å²) in [6.45, 7) is 3.36. The van der Waals surface area contributed by atoms with Gasteiger partial charge >= 0.3 is 0 Å². The largest absolute Gasteiger partial charge is 0.382 e. The minimum atomic E-state index is -1.18. The predicted octanol–water partition coefficient (Wildman–Crippen LogP) is 2.68. The molecule has 1 aromatic carbocycles. The summed E-state index contributed by atoms with van der Waals surface area (Å²) in [5.74, 6) is -0.764. The highest BCUT2D eigenvalue weighted by Crippen LogP contribution is 2.24. The Balaban J connectivity index is 2.14. The molecule has 0 bridgehead atoms. The fourth-order valence-corrected chi connectivity index (χ4v) is 1.57. The quantitative estimate of drug-likeness (QED) is 0.901. The molecule has 1 aromatic heterocycles. The molecule has 20 heavy (non-hydrogen) atoms. The van der Waals surface area contributed by atoms with Gasteiger partial charge in [-0.1, -0.05) is 18.1 Å². The van der Waals surface area contributed by atoms with Crippen LogP contribution in [0.2, 0.25) is 0 Å². The van der Waals surface area contributed by atoms with Gasteiger partial charge in [0.05, 0.1) is 0 Å². The van der Waals surface area contributed by atoms with E-state index in [1.54, 1.807) is 19.9 Å². The molecule has 6 heteroatoms. The van der Waals surface area contributed by atoms with E-state index in [4.69, 9.17) is 4.52 Å². The minimum Gasteiger partial charge on any atom is -0.382 e. The Morgan fingerprint density at radius 2 is 2.25 bits per heavy atom. The first-order chi connectivity index (χ1) is 9.42. The summed E-state index contributed by atoms with van der Waals surface area (Å²) in [6, 6.07) is 6.90. The summed E-state index contributed by atoms with van der Waals surface area (Å²) in [6.07, 6.45) is 0.424. The SMILES string of the molecule is CCC(C)(O)c1cc(C(=O)Nc2cccc(F)c2)no1. The van der Waals surface area contributed by atoms with Crippen molar-refractivity contribution in [3.05, 3.63) is 47.6 Å². The maximum Gasteiger partial charge on any atom is 0.277 e. The molecule has 1 atom stereocenters. The van der Waals surface area contributed by atoms with Gasteiger partial charge in [0.2, 0.25) is 0 Å². The van der Waals surface area contributed by atoms with Crippen molar-refractivity contribution in [2.45, 2.75) is 25.9 Å². The Kier molecular flexibility index (Phi) is 3.85. The van der Waals surface area contributed by atoms with Crippen LogP contribution in [-0.2, 0) is 5.60 Å². The average Bonchev–Trinajstić information content (AvgIpc) is 2.89. The number of nitrogens with zero attached hydrogens (tertiary/aromatic N) is 1. The van der Waals surface area contributed by atoms with Gasteiger partial charge in [0.1, 0.15) is 11.4 Å². The lowest BCUT2D eigenvalue weighted by molar-refractivity contribution is 0.0243. The second kappa shape index (κ2) is 5.42. The van der Waals surface area contributed by atoms with Crippen LogP contribution in [0.4, 0.5) is 10.1 Å². The predicted molar refractivity (Wildman–Crippen MR) is 70.7 cm³/mol. The lowest BCUT2D eigenvalue weighted by Crippen LogP contribution is -2.18. The molecule has 2 rings (SSSR count). The first-order valence-corrected chi connectivity index (χ1v) is 6.19. The van der Waals surface area contributed by atoms with E-state index >= 15 is 0 Å². The summed E-state index contributed by atoms with van der Waals surface area (Å²) < 4.78 is 18.0. The molecule has 1 amide bonds. The van der Waals surface area contributed by atoms with Gasteiger partial charge in [-0.15, -0.1) is 0 Å². The third kappa shape index (κ3) is 3.03. The van der Waals surface area contributed by atoms with Gasteiger partial charge in [-0.3, -0.25) is 4.79 Å². The first-order valence-electron chi connectivity index (χ1n) is 6.19. The molecule has 0 aliphatic rings. The van der Waals surface area contributed by atoms with Crippen LogP contribution >= 0.6 is 0 Å². The zero-order valence-electron chi connectivity index (χ0n) is 11.2. The second-order valence-corrected chi connectivity index (χ2v) is 4.67. The molecule has 0 spiro atoms. The van der Waals surface area contributed by atoms with Crippen LogP contribution in [-0.4, -0.2) is 16.2 Å². The zero-order valence-corrected chi connectivity index (χ0v) is 11.2. The van der Waals surface area contributed by atoms with E-state index in [1.807, 2.05) is 0 Å². The number of benzene rings is 1. The van der Waals surface area contributed by atoms with Crippen molar-refractivity contribution in [3.63, 3.8) is 0 Å². The van der Waals surface area contributed by atoms with Crippen molar-refractivity contribution in [2.24, 2.45) is 0 Å². The molecule has 0 radical (unpaired) electrons. The average molecular weight is 278 g/mol. The number of hydrogen-bond donors (Lipinski definition) is 2. The molecule has 1 unspecified atom stereocenters. The number of aliphatic hydroxyl groups is 1. The Hall–Kier alpha value is -2.21. The third-order valence-electron chi connectivity index (χ3n) is 3.04. The lowest BCUT2D eigenvalue weighted by atomic mass is 10.0. The molecule has 1 heterocycles. The molecule has 2 N–H and O–H groups in total. The van der Waals surface area contributed by atoms with Gasteiger partial charge in [-0.25, -0.2) is 4.39 Å². The highest BCUT2D eigenvalue weighted by Gasteiger charge is 2.27. The van der Waals surface area contributed by atoms with E-state index in [0.717, 1.165) is 0 Å². The summed E-state index contributed by atoms with van der Waals surface area (Å²) in [4.78, 5) is 11.9. The highest BCUT2D eigenvalue weighted by molar-refractivity contribution is 6.02. The third-order valence-corrected chi connectivity index (χ3v) is 3.04. The van der Waals surface area contributed by atoms with E-state index in [0.29, 0.717) is 12.1 Å². The van der Waals surface area contributed by atoms with E-state index in [-0.39, 0.29) is 11.5 Å². The summed E-state index contributed by atoms with van der Waals surface area (Å²) in [7, 11) is 0. The second-order valence-electron chi connectivity index (χ2n) is 4.67. The van der Waals surface area contributed by atoms with Crippen LogP contribution in [0.5, 0.6) is 0 Å². The minimum absolute atomic E-state index is 0.0259. The molecular weight excluding hydrogens is 263 g/mol. The first kappa shape index (κ1) is 14.2. The number of nitrogens with one attached hydrogen (secondary N) is 1. The molecule has 0 fully saturated rings. The van der Waals surface area contributed by atoms with E-state index in [1.165, 1.54) is 24.3 Å². The number of rotatable bonds is 4. The van der Waals surface area contributed by atoms with Crippen molar-refractivity contribution in [1.82, 2.24) is 5.16 Å². The number of anilines is 1. The Morgan fingerprint density at radius 3 is 2.90 bits per heavy atom. The van der Waals surface area contributed by atoms with Crippen molar-refractivity contribution >= 4 is 11.6 Å². The van der Waals surface area contributed by atoms with E-state index in [2.05, 4.69) is 10.5 Å². The number of halogens is 1. The number of amides is 1. The Morgan fingerprint density at radius 1 is 1.50 bits per heavy atom. The highest BCUT2D eigenvalue weighted by atomic mass is 19.1. The molecule has 106 valence electrons. The number of hydrogen-bond acceptors (Lipinski definition) is 4. The van der Waals surface area contributed by atoms with Crippen LogP contribution in [0.1, 0.15) is 36.5 Å². The van der Waals surface area contributed by atoms with Crippen LogP contribution in [0.25, 0.3) is 0 Å². The molecule has 0 saturated carbocycles. The van der Waals surface area contributed by atoms with Crippen molar-refractivity contribution in [2.75, 3.05) is 5.32 Å². The standard InChI is InChI=1S/C14H15FN2O3/c1-3-14(2,19)12-8-11(17-20-12)13(18)16-10-6-4-5-9(15)7-10/h4-8,19H,3H2,1-2H3,(H,16,18). The van der Waals surface area contributed by atoms with Gasteiger partial charge in [0, 0.05) is 11.8 Å². The van der Waals surface area contributed by atoms with Crippen molar-refractivity contribution < 1.29 is 18.8 Å². The number of aromatic nitrogens is 1. The zero-order chi connectivity index (χ0) is 14.8. The summed E-state index contributed by atoms with van der Waals surface area (Å²) in [5.41, 5.74) is -0.829. The van der Waals surface area contributed by atoms with Gasteiger partial charge < -0.3 is 14.9 Å². The normalized spacial score (nSPS) is 13.8. The fraction of sp³-hybridized carbons (Fsp3) is 0.286. The topological polar surface area (TPSA) is 75.4 Å². The smallest absolute Gasteiger partial charge is 0.277 e. The van der Waals surface area contributed by atoms with E-state index < -0.39 is 17.3 Å². The van der Waals surface area contributed by atoms with Crippen LogP contribution in [0.15, 0.2) is 34.9 Å². The molecule has 0 saturated heterocycles. The lowest BCUT2D eigenvalue weighted by Gasteiger charge is -2.16. The number of carbonyl (C=O) groups is 1. The van der Waals surface area contributed by atoms with Crippen LogP contribution < -0.4 is 5.32 Å². The van der Waals surface area contributed by atoms with E-state index in [9.17, 15) is 14.3 Å². The molecule has 0 aliphatic heterocycles. The maximum absolute atomic E-state index is 13.0. The fourth-order valence-electron chi connectivity index (χ4n) is 1.57. The van der Waals surface area contributed by atoms with Gasteiger partial charge in [0.25, 0.3) is 5.91 Å². The van der Waals surface area contributed by atoms with Crippen LogP contribution in [0, 0.1) is 5.82 Å². The van der Waals surface area contributed by atoms with Crippen LogP contribution in [0.3, 0.4) is 0 Å². The summed E-state index contributed by atoms with van der Waals surface area (Å²) >= 11 is 0. The van der Waals surface area contributed by atoms with Gasteiger partial charge in [-0.2, -0.15) is 0 Å². The Bertz CT molecular complexity index is 622.